The van der Waals surface area contributed by atoms with Crippen molar-refractivity contribution in [2.45, 2.75) is 19.8 Å². The first-order chi connectivity index (χ1) is 17.4. The second kappa shape index (κ2) is 11.2. The molecule has 0 saturated carbocycles. The summed E-state index contributed by atoms with van der Waals surface area (Å²) in [6.45, 7) is 8.95. The highest BCUT2D eigenvalue weighted by Crippen LogP contribution is 2.21. The Labute approximate surface area is 212 Å². The van der Waals surface area contributed by atoms with E-state index in [1.165, 1.54) is 0 Å². The van der Waals surface area contributed by atoms with Crippen molar-refractivity contribution >= 4 is 23.1 Å². The van der Waals surface area contributed by atoms with E-state index in [9.17, 15) is 4.79 Å². The zero-order valence-corrected chi connectivity index (χ0v) is 21.2. The predicted octanol–water partition coefficient (Wildman–Crippen LogP) is 4.01. The van der Waals surface area contributed by atoms with Gasteiger partial charge in [0, 0.05) is 35.9 Å². The van der Waals surface area contributed by atoms with Gasteiger partial charge >= 0.3 is 0 Å². The number of methoxy groups -OCH3 is 1. The third kappa shape index (κ3) is 5.83. The number of carbonyl (C=O) groups excluding carboxylic acids is 1. The van der Waals surface area contributed by atoms with Crippen molar-refractivity contribution < 1.29 is 9.53 Å². The van der Waals surface area contributed by atoms with Gasteiger partial charge in [-0.3, -0.25) is 14.8 Å². The first-order valence-corrected chi connectivity index (χ1v) is 12.2. The fourth-order valence-electron chi connectivity index (χ4n) is 4.39. The number of carbonyl (C=O) groups is 1. The highest BCUT2D eigenvalue weighted by atomic mass is 16.5. The van der Waals surface area contributed by atoms with Gasteiger partial charge in [0.1, 0.15) is 5.75 Å². The number of aromatic nitrogens is 2. The molecule has 2 aromatic carbocycles. The molecule has 36 heavy (non-hydrogen) atoms. The molecule has 4 rings (SSSR count). The summed E-state index contributed by atoms with van der Waals surface area (Å²) in [5.74, 6) is 1.64. The molecule has 1 aliphatic heterocycles. The molecule has 0 atom stereocenters. The van der Waals surface area contributed by atoms with E-state index in [1.807, 2.05) is 49.4 Å². The Hall–Kier alpha value is -3.91. The van der Waals surface area contributed by atoms with E-state index in [0.29, 0.717) is 29.5 Å². The first kappa shape index (κ1) is 25.2. The number of nitrogens with zero attached hydrogens (tertiary/aromatic N) is 3. The van der Waals surface area contributed by atoms with Crippen LogP contribution in [0.3, 0.4) is 0 Å². The monoisotopic (exact) mass is 486 g/mol. The number of hydrogen-bond acceptors (Lipinski definition) is 6. The van der Waals surface area contributed by atoms with Crippen molar-refractivity contribution in [2.24, 2.45) is 5.92 Å². The Balaban J connectivity index is 1.44. The van der Waals surface area contributed by atoms with E-state index in [2.05, 4.69) is 34.1 Å². The summed E-state index contributed by atoms with van der Waals surface area (Å²) >= 11 is 0. The van der Waals surface area contributed by atoms with E-state index in [4.69, 9.17) is 10.1 Å². The smallest absolute Gasteiger partial charge is 0.251 e. The quantitative estimate of drug-likeness (QED) is 0.447. The van der Waals surface area contributed by atoms with Gasteiger partial charge in [0.15, 0.2) is 11.3 Å². The molecule has 8 nitrogen and oxygen atoms in total. The molecule has 0 spiro atoms. The second-order valence-corrected chi connectivity index (χ2v) is 9.28. The Morgan fingerprint density at radius 2 is 1.92 bits per heavy atom. The van der Waals surface area contributed by atoms with E-state index >= 15 is 0 Å². The van der Waals surface area contributed by atoms with Crippen molar-refractivity contribution in [2.75, 3.05) is 39.1 Å². The van der Waals surface area contributed by atoms with Crippen molar-refractivity contribution in [1.82, 2.24) is 19.8 Å². The zero-order valence-electron chi connectivity index (χ0n) is 21.2. The molecule has 1 amide bonds. The highest BCUT2D eigenvalue weighted by Gasteiger charge is 2.18. The van der Waals surface area contributed by atoms with Gasteiger partial charge in [0.2, 0.25) is 0 Å². The molecule has 3 aromatic rings. The molecule has 188 valence electrons. The Kier molecular flexibility index (Phi) is 7.85. The normalized spacial score (nSPS) is 14.3. The van der Waals surface area contributed by atoms with Crippen LogP contribution in [-0.4, -0.2) is 54.1 Å². The molecule has 1 saturated heterocycles. The summed E-state index contributed by atoms with van der Waals surface area (Å²) in [6.07, 6.45) is 5.57. The van der Waals surface area contributed by atoms with Crippen LogP contribution in [0.25, 0.3) is 5.70 Å². The van der Waals surface area contributed by atoms with Crippen LogP contribution in [0.2, 0.25) is 0 Å². The summed E-state index contributed by atoms with van der Waals surface area (Å²) in [7, 11) is 3.76. The number of nitrogens with one attached hydrogen (secondary N) is 3. The average Bonchev–Trinajstić information content (AvgIpc) is 2.89. The number of piperidine rings is 1. The maximum Gasteiger partial charge on any atom is 0.251 e. The number of likely N-dealkylation sites (tertiary alicyclic amines) is 1. The minimum absolute atomic E-state index is 0.0503. The third-order valence-electron chi connectivity index (χ3n) is 6.72. The van der Waals surface area contributed by atoms with Gasteiger partial charge in [-0.25, -0.2) is 4.98 Å². The SMILES string of the molecule is C=C(c1ccc(OC)cc1)n1ccnc(Nc2ccc(C(=O)NCC3CCN(C)CC3)c(C)c2)c1=N. The summed E-state index contributed by atoms with van der Waals surface area (Å²) < 4.78 is 6.90. The Morgan fingerprint density at radius 1 is 1.19 bits per heavy atom. The summed E-state index contributed by atoms with van der Waals surface area (Å²) in [6, 6.07) is 13.1. The lowest BCUT2D eigenvalue weighted by Gasteiger charge is -2.29. The van der Waals surface area contributed by atoms with Crippen molar-refractivity contribution in [3.63, 3.8) is 0 Å². The fourth-order valence-corrected chi connectivity index (χ4v) is 4.39. The molecule has 0 bridgehead atoms. The number of anilines is 2. The summed E-state index contributed by atoms with van der Waals surface area (Å²) in [5.41, 5.74) is 3.98. The van der Waals surface area contributed by atoms with E-state index in [0.717, 1.165) is 48.5 Å². The number of amides is 1. The van der Waals surface area contributed by atoms with Gasteiger partial charge in [-0.2, -0.15) is 0 Å². The van der Waals surface area contributed by atoms with Crippen LogP contribution in [0.1, 0.15) is 34.3 Å². The minimum atomic E-state index is -0.0503. The van der Waals surface area contributed by atoms with Gasteiger partial charge < -0.3 is 20.3 Å². The van der Waals surface area contributed by atoms with Crippen LogP contribution >= 0.6 is 0 Å². The van der Waals surface area contributed by atoms with Crippen LogP contribution in [0.15, 0.2) is 61.4 Å². The molecule has 0 unspecified atom stereocenters. The van der Waals surface area contributed by atoms with Crippen LogP contribution in [0, 0.1) is 18.3 Å². The van der Waals surface area contributed by atoms with E-state index in [1.54, 1.807) is 24.1 Å². The first-order valence-electron chi connectivity index (χ1n) is 12.2. The molecule has 1 fully saturated rings. The number of benzene rings is 2. The zero-order chi connectivity index (χ0) is 25.7. The van der Waals surface area contributed by atoms with Gasteiger partial charge in [-0.05, 0) is 99.4 Å². The van der Waals surface area contributed by atoms with Crippen molar-refractivity contribution in [3.05, 3.63) is 83.6 Å². The number of hydrogen-bond donors (Lipinski definition) is 3. The Bertz CT molecular complexity index is 1290. The average molecular weight is 487 g/mol. The van der Waals surface area contributed by atoms with E-state index in [-0.39, 0.29) is 11.4 Å². The lowest BCUT2D eigenvalue weighted by atomic mass is 9.97. The molecule has 0 aliphatic carbocycles. The number of ether oxygens (including phenoxy) is 1. The molecule has 3 N–H and O–H groups in total. The Morgan fingerprint density at radius 3 is 2.58 bits per heavy atom. The molecule has 2 heterocycles. The lowest BCUT2D eigenvalue weighted by molar-refractivity contribution is 0.0938. The third-order valence-corrected chi connectivity index (χ3v) is 6.72. The fraction of sp³-hybridized carbons (Fsp3) is 0.321. The molecule has 1 aliphatic rings. The van der Waals surface area contributed by atoms with Gasteiger partial charge in [0.25, 0.3) is 5.91 Å². The maximum atomic E-state index is 12.8. The van der Waals surface area contributed by atoms with Crippen LogP contribution in [0.4, 0.5) is 11.5 Å². The van der Waals surface area contributed by atoms with Gasteiger partial charge in [-0.15, -0.1) is 0 Å². The topological polar surface area (TPSA) is 95.3 Å². The summed E-state index contributed by atoms with van der Waals surface area (Å²) in [4.78, 5) is 19.5. The van der Waals surface area contributed by atoms with Gasteiger partial charge in [0.05, 0.1) is 7.11 Å². The molecule has 0 radical (unpaired) electrons. The van der Waals surface area contributed by atoms with Crippen molar-refractivity contribution in [3.8, 4) is 5.75 Å². The van der Waals surface area contributed by atoms with Crippen LogP contribution < -0.4 is 20.9 Å². The van der Waals surface area contributed by atoms with Crippen LogP contribution in [-0.2, 0) is 0 Å². The van der Waals surface area contributed by atoms with Crippen LogP contribution in [0.5, 0.6) is 5.75 Å². The molecule has 8 heteroatoms. The predicted molar refractivity (Wildman–Crippen MR) is 143 cm³/mol. The molecular weight excluding hydrogens is 452 g/mol. The molecule has 1 aromatic heterocycles. The standard InChI is InChI=1S/C28H34N6O2/c1-19-17-23(7-10-25(19)28(35)31-18-21-11-14-33(3)15-12-21)32-27-26(29)34(16-13-30-27)20(2)22-5-8-24(36-4)9-6-22/h5-10,13,16-17,21,29H,2,11-12,14-15,18H2,1,3-4H3,(H,30,32)(H,31,35). The highest BCUT2D eigenvalue weighted by molar-refractivity contribution is 5.96. The maximum absolute atomic E-state index is 12.8. The second-order valence-electron chi connectivity index (χ2n) is 9.28. The summed E-state index contributed by atoms with van der Waals surface area (Å²) in [5, 5.41) is 15.0. The number of rotatable bonds is 8. The largest absolute Gasteiger partial charge is 0.497 e. The molecular formula is C28H34N6O2. The lowest BCUT2D eigenvalue weighted by Crippen LogP contribution is -2.37. The van der Waals surface area contributed by atoms with Gasteiger partial charge in [-0.1, -0.05) is 6.58 Å². The van der Waals surface area contributed by atoms with Crippen molar-refractivity contribution in [1.29, 1.82) is 5.41 Å². The number of aryl methyl sites for hydroxylation is 1. The van der Waals surface area contributed by atoms with E-state index < -0.39 is 0 Å². The minimum Gasteiger partial charge on any atom is -0.497 e.